The van der Waals surface area contributed by atoms with Crippen molar-refractivity contribution < 1.29 is 9.26 Å². The molecule has 0 spiro atoms. The first-order chi connectivity index (χ1) is 11.3. The molecule has 0 saturated carbocycles. The van der Waals surface area contributed by atoms with Gasteiger partial charge in [0.25, 0.3) is 0 Å². The molecule has 2 aromatic rings. The van der Waals surface area contributed by atoms with E-state index in [9.17, 15) is 0 Å². The second kappa shape index (κ2) is 8.04. The predicted octanol–water partition coefficient (Wildman–Crippen LogP) is 3.07. The Hall–Kier alpha value is -1.98. The summed E-state index contributed by atoms with van der Waals surface area (Å²) in [6, 6.07) is 10.3. The molecular weight excluding hydrogens is 290 g/mol. The maximum atomic E-state index is 5.76. The molecule has 0 N–H and O–H groups in total. The van der Waals surface area contributed by atoms with E-state index < -0.39 is 0 Å². The van der Waals surface area contributed by atoms with Gasteiger partial charge in [-0.2, -0.15) is 4.98 Å². The summed E-state index contributed by atoms with van der Waals surface area (Å²) in [6.45, 7) is 5.10. The summed E-state index contributed by atoms with van der Waals surface area (Å²) in [6.07, 6.45) is 6.92. The molecule has 122 valence electrons. The molecule has 2 heterocycles. The van der Waals surface area contributed by atoms with Gasteiger partial charge >= 0.3 is 0 Å². The Morgan fingerprint density at radius 3 is 2.87 bits per heavy atom. The molecule has 1 saturated heterocycles. The smallest absolute Gasteiger partial charge is 0.223 e. The summed E-state index contributed by atoms with van der Waals surface area (Å²) < 4.78 is 10.8. The van der Waals surface area contributed by atoms with Crippen LogP contribution in [0.15, 0.2) is 40.9 Å². The number of aryl methyl sites for hydroxylation is 1. The van der Waals surface area contributed by atoms with Crippen LogP contribution in [0.2, 0.25) is 0 Å². The summed E-state index contributed by atoms with van der Waals surface area (Å²) in [4.78, 5) is 6.61. The molecule has 1 atom stereocenters. The van der Waals surface area contributed by atoms with E-state index in [1.165, 1.54) is 5.56 Å². The fourth-order valence-corrected chi connectivity index (χ4v) is 2.79. The van der Waals surface area contributed by atoms with Gasteiger partial charge in [0, 0.05) is 26.6 Å². The maximum Gasteiger partial charge on any atom is 0.223 e. The third-order valence-corrected chi connectivity index (χ3v) is 3.89. The highest BCUT2D eigenvalue weighted by molar-refractivity contribution is 5.48. The van der Waals surface area contributed by atoms with Crippen LogP contribution in [-0.2, 0) is 11.3 Å². The lowest BCUT2D eigenvalue weighted by Gasteiger charge is -2.22. The van der Waals surface area contributed by atoms with E-state index in [1.54, 1.807) is 0 Å². The topological polar surface area (TPSA) is 51.4 Å². The number of benzene rings is 1. The second-order valence-electron chi connectivity index (χ2n) is 5.87. The molecule has 1 aromatic heterocycles. The first-order valence-corrected chi connectivity index (χ1v) is 8.14. The van der Waals surface area contributed by atoms with E-state index >= 15 is 0 Å². The SMILES string of the molecule is Cc1nc(CN(C/C=C/c2ccccc2)C[C@H]2CCCO2)no1. The van der Waals surface area contributed by atoms with Gasteiger partial charge in [-0.3, -0.25) is 4.90 Å². The van der Waals surface area contributed by atoms with Crippen molar-refractivity contribution in [3.05, 3.63) is 53.7 Å². The summed E-state index contributed by atoms with van der Waals surface area (Å²) in [5.74, 6) is 1.34. The normalized spacial score (nSPS) is 18.3. The number of rotatable bonds is 7. The van der Waals surface area contributed by atoms with Gasteiger partial charge < -0.3 is 9.26 Å². The van der Waals surface area contributed by atoms with Crippen molar-refractivity contribution in [1.29, 1.82) is 0 Å². The molecule has 0 aliphatic carbocycles. The van der Waals surface area contributed by atoms with Crippen molar-refractivity contribution in [1.82, 2.24) is 15.0 Å². The quantitative estimate of drug-likeness (QED) is 0.786. The van der Waals surface area contributed by atoms with E-state index in [2.05, 4.69) is 39.3 Å². The summed E-state index contributed by atoms with van der Waals surface area (Å²) in [7, 11) is 0. The molecule has 0 unspecified atom stereocenters. The first kappa shape index (κ1) is 15.9. The van der Waals surface area contributed by atoms with Crippen molar-refractivity contribution in [2.24, 2.45) is 0 Å². The molecule has 0 bridgehead atoms. The van der Waals surface area contributed by atoms with E-state index in [1.807, 2.05) is 25.1 Å². The van der Waals surface area contributed by atoms with Crippen LogP contribution in [-0.4, -0.2) is 40.8 Å². The van der Waals surface area contributed by atoms with Crippen LogP contribution in [0.1, 0.15) is 30.1 Å². The molecule has 0 amide bonds. The van der Waals surface area contributed by atoms with Crippen molar-refractivity contribution in [2.45, 2.75) is 32.4 Å². The summed E-state index contributed by atoms with van der Waals surface area (Å²) in [5, 5.41) is 4.00. The Morgan fingerprint density at radius 1 is 1.30 bits per heavy atom. The molecule has 1 aromatic carbocycles. The fourth-order valence-electron chi connectivity index (χ4n) is 2.79. The van der Waals surface area contributed by atoms with E-state index in [4.69, 9.17) is 9.26 Å². The zero-order chi connectivity index (χ0) is 15.9. The third-order valence-electron chi connectivity index (χ3n) is 3.89. The molecule has 5 nitrogen and oxygen atoms in total. The van der Waals surface area contributed by atoms with Crippen molar-refractivity contribution in [3.63, 3.8) is 0 Å². The highest BCUT2D eigenvalue weighted by Crippen LogP contribution is 2.15. The van der Waals surface area contributed by atoms with Gasteiger partial charge in [-0.25, -0.2) is 0 Å². The average molecular weight is 313 g/mol. The van der Waals surface area contributed by atoms with E-state index in [0.717, 1.165) is 38.4 Å². The molecule has 23 heavy (non-hydrogen) atoms. The Bertz CT molecular complexity index is 618. The lowest BCUT2D eigenvalue weighted by molar-refractivity contribution is 0.0736. The second-order valence-corrected chi connectivity index (χ2v) is 5.87. The van der Waals surface area contributed by atoms with Crippen LogP contribution in [0.25, 0.3) is 6.08 Å². The first-order valence-electron chi connectivity index (χ1n) is 8.14. The van der Waals surface area contributed by atoms with Crippen LogP contribution < -0.4 is 0 Å². The van der Waals surface area contributed by atoms with Crippen LogP contribution in [0.4, 0.5) is 0 Å². The molecule has 1 aliphatic rings. The number of ether oxygens (including phenoxy) is 1. The van der Waals surface area contributed by atoms with Gasteiger partial charge in [0.05, 0.1) is 12.6 Å². The van der Waals surface area contributed by atoms with Crippen LogP contribution in [0.5, 0.6) is 0 Å². The van der Waals surface area contributed by atoms with Gasteiger partial charge in [0.2, 0.25) is 5.89 Å². The molecule has 5 heteroatoms. The summed E-state index contributed by atoms with van der Waals surface area (Å²) in [5.41, 5.74) is 1.21. The van der Waals surface area contributed by atoms with Gasteiger partial charge in [0.1, 0.15) is 0 Å². The molecule has 0 radical (unpaired) electrons. The van der Waals surface area contributed by atoms with Gasteiger partial charge in [-0.05, 0) is 18.4 Å². The van der Waals surface area contributed by atoms with Gasteiger partial charge in [-0.1, -0.05) is 47.6 Å². The minimum absolute atomic E-state index is 0.313. The predicted molar refractivity (Wildman–Crippen MR) is 88.8 cm³/mol. The zero-order valence-corrected chi connectivity index (χ0v) is 13.5. The molecule has 3 rings (SSSR count). The minimum Gasteiger partial charge on any atom is -0.377 e. The van der Waals surface area contributed by atoms with E-state index in [0.29, 0.717) is 18.5 Å². The largest absolute Gasteiger partial charge is 0.377 e. The lowest BCUT2D eigenvalue weighted by Crippen LogP contribution is -2.32. The average Bonchev–Trinajstić information content (AvgIpc) is 3.20. The van der Waals surface area contributed by atoms with Crippen LogP contribution in [0, 0.1) is 6.92 Å². The highest BCUT2D eigenvalue weighted by atomic mass is 16.5. The molecular formula is C18H23N3O2. The maximum absolute atomic E-state index is 5.76. The lowest BCUT2D eigenvalue weighted by atomic mass is 10.2. The Morgan fingerprint density at radius 2 is 2.17 bits per heavy atom. The minimum atomic E-state index is 0.313. The van der Waals surface area contributed by atoms with Crippen molar-refractivity contribution in [3.8, 4) is 0 Å². The van der Waals surface area contributed by atoms with Gasteiger partial charge in [0.15, 0.2) is 5.82 Å². The molecule has 1 fully saturated rings. The van der Waals surface area contributed by atoms with Crippen molar-refractivity contribution in [2.75, 3.05) is 19.7 Å². The van der Waals surface area contributed by atoms with Gasteiger partial charge in [-0.15, -0.1) is 0 Å². The van der Waals surface area contributed by atoms with Crippen LogP contribution >= 0.6 is 0 Å². The summed E-state index contributed by atoms with van der Waals surface area (Å²) >= 11 is 0. The number of aromatic nitrogens is 2. The fraction of sp³-hybridized carbons (Fsp3) is 0.444. The molecule has 1 aliphatic heterocycles. The number of hydrogen-bond donors (Lipinski definition) is 0. The Labute approximate surface area is 137 Å². The Balaban J connectivity index is 1.60. The van der Waals surface area contributed by atoms with E-state index in [-0.39, 0.29) is 0 Å². The standard InChI is InChI=1S/C18H23N3O2/c1-15-19-18(20-23-15)14-21(13-17-10-6-12-22-17)11-5-9-16-7-3-2-4-8-16/h2-5,7-9,17H,6,10-14H2,1H3/b9-5+/t17-/m1/s1. The highest BCUT2D eigenvalue weighted by Gasteiger charge is 2.20. The monoisotopic (exact) mass is 313 g/mol. The zero-order valence-electron chi connectivity index (χ0n) is 13.5. The Kier molecular flexibility index (Phi) is 5.56. The van der Waals surface area contributed by atoms with Crippen LogP contribution in [0.3, 0.4) is 0 Å². The number of nitrogens with zero attached hydrogens (tertiary/aromatic N) is 3. The number of hydrogen-bond acceptors (Lipinski definition) is 5. The van der Waals surface area contributed by atoms with Crippen molar-refractivity contribution >= 4 is 6.08 Å². The third kappa shape index (κ3) is 5.01.